The quantitative estimate of drug-likeness (QED) is 0.680. The molecule has 2 heteroatoms. The van der Waals surface area contributed by atoms with E-state index in [0.29, 0.717) is 0 Å². The van der Waals surface area contributed by atoms with Crippen LogP contribution in [0.1, 0.15) is 44.6 Å². The van der Waals surface area contributed by atoms with Crippen LogP contribution in [-0.2, 0) is 0 Å². The van der Waals surface area contributed by atoms with E-state index in [9.17, 15) is 0 Å². The molecule has 0 aliphatic heterocycles. The lowest BCUT2D eigenvalue weighted by atomic mass is 10.2. The summed E-state index contributed by atoms with van der Waals surface area (Å²) in [6.45, 7) is 7.91. The Hall–Kier alpha value is -1.02. The van der Waals surface area contributed by atoms with Gasteiger partial charge in [0.2, 0.25) is 0 Å². The highest BCUT2D eigenvalue weighted by molar-refractivity contribution is 5.48. The Labute approximate surface area is 118 Å². The number of nitrogens with zero attached hydrogens (tertiary/aromatic N) is 1. The van der Waals surface area contributed by atoms with E-state index in [4.69, 9.17) is 0 Å². The smallest absolute Gasteiger partial charge is 0.0368 e. The molecule has 0 bridgehead atoms. The molecule has 0 radical (unpaired) electrons. The SMILES string of the molecule is CCN(CCCCCNC1CC1)c1cccc(C)c1. The van der Waals surface area contributed by atoms with Crippen molar-refractivity contribution < 1.29 is 0 Å². The standard InChI is InChI=1S/C17H28N2/c1-3-19(17-9-7-8-15(2)14-17)13-6-4-5-12-18-16-10-11-16/h7-9,14,16,18H,3-6,10-13H2,1-2H3. The van der Waals surface area contributed by atoms with Crippen molar-refractivity contribution in [3.63, 3.8) is 0 Å². The van der Waals surface area contributed by atoms with Gasteiger partial charge in [-0.3, -0.25) is 0 Å². The number of benzene rings is 1. The Bertz CT molecular complexity index is 371. The molecule has 1 aromatic rings. The van der Waals surface area contributed by atoms with Crippen molar-refractivity contribution in [3.05, 3.63) is 29.8 Å². The number of aryl methyl sites for hydroxylation is 1. The minimum atomic E-state index is 0.861. The number of hydrogen-bond donors (Lipinski definition) is 1. The molecule has 2 nitrogen and oxygen atoms in total. The zero-order valence-electron chi connectivity index (χ0n) is 12.5. The maximum atomic E-state index is 3.58. The van der Waals surface area contributed by atoms with E-state index in [-0.39, 0.29) is 0 Å². The summed E-state index contributed by atoms with van der Waals surface area (Å²) < 4.78 is 0. The zero-order chi connectivity index (χ0) is 13.5. The van der Waals surface area contributed by atoms with Crippen LogP contribution in [0.15, 0.2) is 24.3 Å². The lowest BCUT2D eigenvalue weighted by molar-refractivity contribution is 0.595. The molecule has 0 spiro atoms. The maximum absolute atomic E-state index is 3.58. The van der Waals surface area contributed by atoms with Crippen LogP contribution in [0, 0.1) is 6.92 Å². The summed E-state index contributed by atoms with van der Waals surface area (Å²) in [7, 11) is 0. The van der Waals surface area contributed by atoms with E-state index in [1.54, 1.807) is 0 Å². The highest BCUT2D eigenvalue weighted by atomic mass is 15.1. The van der Waals surface area contributed by atoms with Crippen LogP contribution < -0.4 is 10.2 Å². The van der Waals surface area contributed by atoms with E-state index in [1.165, 1.54) is 56.4 Å². The minimum absolute atomic E-state index is 0.861. The van der Waals surface area contributed by atoms with Crippen molar-refractivity contribution in [2.75, 3.05) is 24.5 Å². The molecule has 2 rings (SSSR count). The van der Waals surface area contributed by atoms with Crippen molar-refractivity contribution in [1.29, 1.82) is 0 Å². The average Bonchev–Trinajstić information content (AvgIpc) is 3.22. The van der Waals surface area contributed by atoms with E-state index in [0.717, 1.165) is 12.6 Å². The van der Waals surface area contributed by atoms with Crippen molar-refractivity contribution in [1.82, 2.24) is 5.32 Å². The molecule has 1 aromatic carbocycles. The van der Waals surface area contributed by atoms with Gasteiger partial charge in [-0.25, -0.2) is 0 Å². The molecule has 1 aliphatic rings. The highest BCUT2D eigenvalue weighted by Crippen LogP contribution is 2.19. The van der Waals surface area contributed by atoms with Crippen LogP contribution >= 0.6 is 0 Å². The van der Waals surface area contributed by atoms with Crippen molar-refractivity contribution in [3.8, 4) is 0 Å². The van der Waals surface area contributed by atoms with Crippen LogP contribution in [0.2, 0.25) is 0 Å². The van der Waals surface area contributed by atoms with E-state index in [1.807, 2.05) is 0 Å². The first kappa shape index (κ1) is 14.4. The molecular formula is C17H28N2. The Morgan fingerprint density at radius 2 is 2.05 bits per heavy atom. The van der Waals surface area contributed by atoms with Crippen molar-refractivity contribution in [2.45, 2.75) is 52.0 Å². The zero-order valence-corrected chi connectivity index (χ0v) is 12.5. The summed E-state index contributed by atoms with van der Waals surface area (Å²) in [6, 6.07) is 9.70. The lowest BCUT2D eigenvalue weighted by Crippen LogP contribution is -2.24. The molecule has 0 heterocycles. The second-order valence-electron chi connectivity index (χ2n) is 5.71. The lowest BCUT2D eigenvalue weighted by Gasteiger charge is -2.23. The van der Waals surface area contributed by atoms with Gasteiger partial charge in [0.25, 0.3) is 0 Å². The van der Waals surface area contributed by atoms with Crippen LogP contribution in [0.25, 0.3) is 0 Å². The number of anilines is 1. The fourth-order valence-electron chi connectivity index (χ4n) is 2.49. The van der Waals surface area contributed by atoms with Gasteiger partial charge in [-0.2, -0.15) is 0 Å². The third kappa shape index (κ3) is 5.23. The molecule has 0 aromatic heterocycles. The molecule has 1 aliphatic carbocycles. The molecular weight excluding hydrogens is 232 g/mol. The summed E-state index contributed by atoms with van der Waals surface area (Å²) in [5.41, 5.74) is 2.73. The third-order valence-corrected chi connectivity index (χ3v) is 3.86. The number of hydrogen-bond acceptors (Lipinski definition) is 2. The van der Waals surface area contributed by atoms with Gasteiger partial charge in [-0.1, -0.05) is 18.6 Å². The largest absolute Gasteiger partial charge is 0.372 e. The van der Waals surface area contributed by atoms with Crippen molar-refractivity contribution in [2.24, 2.45) is 0 Å². The van der Waals surface area contributed by atoms with Gasteiger partial charge in [0.05, 0.1) is 0 Å². The van der Waals surface area contributed by atoms with Crippen LogP contribution in [-0.4, -0.2) is 25.7 Å². The van der Waals surface area contributed by atoms with E-state index in [2.05, 4.69) is 48.3 Å². The summed E-state index contributed by atoms with van der Waals surface area (Å²) in [4.78, 5) is 2.49. The molecule has 1 N–H and O–H groups in total. The maximum Gasteiger partial charge on any atom is 0.0368 e. The highest BCUT2D eigenvalue weighted by Gasteiger charge is 2.19. The Morgan fingerprint density at radius 1 is 1.21 bits per heavy atom. The average molecular weight is 260 g/mol. The summed E-state index contributed by atoms with van der Waals surface area (Å²) >= 11 is 0. The molecule has 0 saturated heterocycles. The van der Waals surface area contributed by atoms with Gasteiger partial charge in [-0.05, 0) is 63.8 Å². The van der Waals surface area contributed by atoms with Gasteiger partial charge in [0, 0.05) is 24.8 Å². The first-order valence-electron chi connectivity index (χ1n) is 7.84. The first-order valence-corrected chi connectivity index (χ1v) is 7.84. The molecule has 0 amide bonds. The predicted octanol–water partition coefficient (Wildman–Crippen LogP) is 3.74. The number of nitrogens with one attached hydrogen (secondary N) is 1. The fourth-order valence-corrected chi connectivity index (χ4v) is 2.49. The van der Waals surface area contributed by atoms with Gasteiger partial charge in [0.15, 0.2) is 0 Å². The Balaban J connectivity index is 1.64. The third-order valence-electron chi connectivity index (χ3n) is 3.86. The number of rotatable bonds is 9. The predicted molar refractivity (Wildman–Crippen MR) is 83.9 cm³/mol. The summed E-state index contributed by atoms with van der Waals surface area (Å²) in [5.74, 6) is 0. The Kier molecular flexibility index (Phi) is 5.71. The van der Waals surface area contributed by atoms with Crippen molar-refractivity contribution >= 4 is 5.69 Å². The normalized spacial score (nSPS) is 14.6. The molecule has 1 fully saturated rings. The summed E-state index contributed by atoms with van der Waals surface area (Å²) in [6.07, 6.45) is 6.76. The second kappa shape index (κ2) is 7.54. The van der Waals surface area contributed by atoms with Crippen LogP contribution in [0.3, 0.4) is 0 Å². The monoisotopic (exact) mass is 260 g/mol. The molecule has 19 heavy (non-hydrogen) atoms. The summed E-state index contributed by atoms with van der Waals surface area (Å²) in [5, 5.41) is 3.58. The van der Waals surface area contributed by atoms with Gasteiger partial charge in [0.1, 0.15) is 0 Å². The Morgan fingerprint density at radius 3 is 2.74 bits per heavy atom. The van der Waals surface area contributed by atoms with Crippen LogP contribution in [0.4, 0.5) is 5.69 Å². The number of unbranched alkanes of at least 4 members (excludes halogenated alkanes) is 2. The molecule has 1 saturated carbocycles. The first-order chi connectivity index (χ1) is 9.29. The van der Waals surface area contributed by atoms with Gasteiger partial charge >= 0.3 is 0 Å². The van der Waals surface area contributed by atoms with E-state index >= 15 is 0 Å². The van der Waals surface area contributed by atoms with Crippen LogP contribution in [0.5, 0.6) is 0 Å². The second-order valence-corrected chi connectivity index (χ2v) is 5.71. The van der Waals surface area contributed by atoms with Gasteiger partial charge in [-0.15, -0.1) is 0 Å². The molecule has 106 valence electrons. The van der Waals surface area contributed by atoms with Gasteiger partial charge < -0.3 is 10.2 Å². The topological polar surface area (TPSA) is 15.3 Å². The fraction of sp³-hybridized carbons (Fsp3) is 0.647. The molecule has 0 atom stereocenters. The van der Waals surface area contributed by atoms with E-state index < -0.39 is 0 Å². The molecule has 0 unspecified atom stereocenters. The minimum Gasteiger partial charge on any atom is -0.372 e.